The van der Waals surface area contributed by atoms with Gasteiger partial charge in [0, 0.05) is 6.54 Å². The maximum absolute atomic E-state index is 14.7. The van der Waals surface area contributed by atoms with Crippen molar-refractivity contribution in [2.24, 2.45) is 17.8 Å². The number of para-hydroxylation sites is 1. The number of benzene rings is 3. The fourth-order valence-electron chi connectivity index (χ4n) is 7.92. The van der Waals surface area contributed by atoms with Crippen LogP contribution in [0.25, 0.3) is 11.0 Å². The fourth-order valence-corrected chi connectivity index (χ4v) is 7.92. The normalized spacial score (nSPS) is 29.1. The molecule has 7 atom stereocenters. The van der Waals surface area contributed by atoms with Gasteiger partial charge in [0.2, 0.25) is 17.7 Å². The summed E-state index contributed by atoms with van der Waals surface area (Å²) in [6.07, 6.45) is 0.413. The highest BCUT2D eigenvalue weighted by molar-refractivity contribution is 5.99. The number of aliphatic hydroxyl groups is 1. The summed E-state index contributed by atoms with van der Waals surface area (Å²) in [7, 11) is 0. The number of hydrogen-bond acceptors (Lipinski definition) is 7. The van der Waals surface area contributed by atoms with Crippen LogP contribution in [0.1, 0.15) is 37.4 Å². The average molecular weight is 609 g/mol. The number of aliphatic hydroxyl groups excluding tert-OH is 1. The van der Waals surface area contributed by atoms with Crippen LogP contribution in [-0.4, -0.2) is 66.6 Å². The molecule has 45 heavy (non-hydrogen) atoms. The molecule has 4 heterocycles. The predicted octanol–water partition coefficient (Wildman–Crippen LogP) is 2.57. The molecule has 3 amide bonds. The van der Waals surface area contributed by atoms with Crippen molar-refractivity contribution in [3.8, 4) is 0 Å². The van der Waals surface area contributed by atoms with Crippen molar-refractivity contribution < 1.29 is 24.2 Å². The predicted molar refractivity (Wildman–Crippen MR) is 164 cm³/mol. The Labute approximate surface area is 260 Å². The third-order valence-electron chi connectivity index (χ3n) is 10.1. The largest absolute Gasteiger partial charge is 0.394 e. The van der Waals surface area contributed by atoms with Crippen LogP contribution in [0, 0.1) is 17.8 Å². The van der Waals surface area contributed by atoms with Gasteiger partial charge in [0.25, 0.3) is 0 Å². The van der Waals surface area contributed by atoms with Gasteiger partial charge in [-0.05, 0) is 42.5 Å². The molecule has 1 aromatic heterocycles. The van der Waals surface area contributed by atoms with Gasteiger partial charge in [0.05, 0.1) is 35.6 Å². The van der Waals surface area contributed by atoms with Crippen LogP contribution in [-0.2, 0) is 32.3 Å². The van der Waals surface area contributed by atoms with Crippen LogP contribution in [0.4, 0.5) is 0 Å². The van der Waals surface area contributed by atoms with Crippen LogP contribution < -0.4 is 10.6 Å². The molecule has 11 nitrogen and oxygen atoms in total. The number of likely N-dealkylation sites (tertiary alicyclic amines) is 1. The van der Waals surface area contributed by atoms with E-state index in [1.807, 2.05) is 98.8 Å². The first kappa shape index (κ1) is 29.1. The lowest BCUT2D eigenvalue weighted by atomic mass is 9.62. The van der Waals surface area contributed by atoms with Crippen LogP contribution in [0.2, 0.25) is 0 Å². The molecule has 3 N–H and O–H groups in total. The highest BCUT2D eigenvalue weighted by Crippen LogP contribution is 2.66. The van der Waals surface area contributed by atoms with Crippen molar-refractivity contribution >= 4 is 28.8 Å². The van der Waals surface area contributed by atoms with Gasteiger partial charge in [-0.2, -0.15) is 0 Å². The minimum Gasteiger partial charge on any atom is -0.394 e. The topological polar surface area (TPSA) is 139 Å². The molecule has 0 aliphatic carbocycles. The van der Waals surface area contributed by atoms with Crippen molar-refractivity contribution in [2.75, 3.05) is 6.61 Å². The number of nitrogens with one attached hydrogen (secondary N) is 2. The summed E-state index contributed by atoms with van der Waals surface area (Å²) in [5, 5.41) is 25.1. The first-order chi connectivity index (χ1) is 21.8. The van der Waals surface area contributed by atoms with E-state index in [1.165, 1.54) is 4.90 Å². The minimum atomic E-state index is -1.27. The molecule has 0 saturated carbocycles. The number of hydrogen-bond donors (Lipinski definition) is 3. The standard InChI is InChI=1S/C34H36N6O5/c1-21-17-34-28(27(33(21,2)45-34)30(42)35-18-22-11-5-3-6-12-22)32(44)40(26(19-41)23-13-7-4-8-14-23)29(34)31(43)36-20-39-25-16-10-9-15-24(25)37-38-39/h3-16,21,26-29,41H,17-20H2,1-2H3,(H,35,42)(H,36,43)/t21?,26-,27-,28+,29?,33+,34?/m1/s1. The summed E-state index contributed by atoms with van der Waals surface area (Å²) in [6, 6.07) is 24.2. The first-order valence-electron chi connectivity index (χ1n) is 15.3. The minimum absolute atomic E-state index is 0.0154. The van der Waals surface area contributed by atoms with Crippen molar-refractivity contribution in [3.05, 3.63) is 96.1 Å². The number of carbonyl (C=O) groups excluding carboxylic acids is 3. The molecule has 232 valence electrons. The third-order valence-corrected chi connectivity index (χ3v) is 10.1. The average Bonchev–Trinajstić information content (AvgIpc) is 3.74. The number of amides is 3. The Morgan fingerprint density at radius 2 is 1.69 bits per heavy atom. The van der Waals surface area contributed by atoms with Gasteiger partial charge in [0.1, 0.15) is 23.8 Å². The molecule has 3 aromatic carbocycles. The Bertz CT molecular complexity index is 1750. The molecule has 1 spiro atoms. The van der Waals surface area contributed by atoms with Crippen LogP contribution in [0.3, 0.4) is 0 Å². The lowest BCUT2D eigenvalue weighted by Crippen LogP contribution is -2.56. The van der Waals surface area contributed by atoms with Crippen LogP contribution in [0.15, 0.2) is 84.9 Å². The number of rotatable bonds is 9. The van der Waals surface area contributed by atoms with E-state index in [4.69, 9.17) is 4.74 Å². The maximum Gasteiger partial charge on any atom is 0.247 e. The molecule has 3 aliphatic rings. The van der Waals surface area contributed by atoms with Gasteiger partial charge < -0.3 is 25.4 Å². The second kappa shape index (κ2) is 11.1. The summed E-state index contributed by atoms with van der Waals surface area (Å²) in [4.78, 5) is 44.5. The SMILES string of the molecule is CC1CC23O[C@]1(C)[C@@H](C(=O)NCc1ccccc1)[C@H]2C(=O)N([C@H](CO)c1ccccc1)C3C(=O)NCn1nnc2ccccc21. The Morgan fingerprint density at radius 3 is 2.42 bits per heavy atom. The number of fused-ring (bicyclic) bond motifs is 2. The van der Waals surface area contributed by atoms with Gasteiger partial charge in [-0.3, -0.25) is 14.4 Å². The summed E-state index contributed by atoms with van der Waals surface area (Å²) >= 11 is 0. The van der Waals surface area contributed by atoms with E-state index in [1.54, 1.807) is 4.68 Å². The fraction of sp³-hybridized carbons (Fsp3) is 0.382. The van der Waals surface area contributed by atoms with Crippen molar-refractivity contribution in [2.45, 2.75) is 56.8 Å². The molecule has 3 unspecified atom stereocenters. The molecule has 4 aromatic rings. The van der Waals surface area contributed by atoms with Gasteiger partial charge >= 0.3 is 0 Å². The van der Waals surface area contributed by atoms with Crippen LogP contribution >= 0.6 is 0 Å². The Kier molecular flexibility index (Phi) is 7.17. The lowest BCUT2D eigenvalue weighted by molar-refractivity contribution is -0.151. The Balaban J connectivity index is 1.26. The van der Waals surface area contributed by atoms with E-state index in [2.05, 4.69) is 20.9 Å². The molecule has 3 saturated heterocycles. The maximum atomic E-state index is 14.7. The van der Waals surface area contributed by atoms with Crippen molar-refractivity contribution in [3.63, 3.8) is 0 Å². The van der Waals surface area contributed by atoms with E-state index in [-0.39, 0.29) is 24.4 Å². The van der Waals surface area contributed by atoms with E-state index in [0.29, 0.717) is 24.0 Å². The first-order valence-corrected chi connectivity index (χ1v) is 15.3. The summed E-state index contributed by atoms with van der Waals surface area (Å²) in [6.45, 7) is 3.80. The number of aromatic nitrogens is 3. The van der Waals surface area contributed by atoms with Gasteiger partial charge in [-0.15, -0.1) is 5.10 Å². The summed E-state index contributed by atoms with van der Waals surface area (Å²) < 4.78 is 8.43. The van der Waals surface area contributed by atoms with E-state index < -0.39 is 47.6 Å². The van der Waals surface area contributed by atoms with E-state index in [0.717, 1.165) is 11.1 Å². The second-order valence-electron chi connectivity index (χ2n) is 12.5. The number of carbonyl (C=O) groups is 3. The molecule has 11 heteroatoms. The highest BCUT2D eigenvalue weighted by atomic mass is 16.5. The molecule has 7 rings (SSSR count). The second-order valence-corrected chi connectivity index (χ2v) is 12.5. The summed E-state index contributed by atoms with van der Waals surface area (Å²) in [5.41, 5.74) is 0.830. The quantitative estimate of drug-likeness (QED) is 0.266. The summed E-state index contributed by atoms with van der Waals surface area (Å²) in [5.74, 6) is -2.96. The zero-order valence-corrected chi connectivity index (χ0v) is 25.2. The molecular weight excluding hydrogens is 572 g/mol. The highest BCUT2D eigenvalue weighted by Gasteiger charge is 2.80. The molecule has 3 aliphatic heterocycles. The monoisotopic (exact) mass is 608 g/mol. The van der Waals surface area contributed by atoms with Gasteiger partial charge in [-0.1, -0.05) is 84.9 Å². The van der Waals surface area contributed by atoms with E-state index >= 15 is 0 Å². The third kappa shape index (κ3) is 4.52. The van der Waals surface area contributed by atoms with E-state index in [9.17, 15) is 19.5 Å². The zero-order chi connectivity index (χ0) is 31.3. The smallest absolute Gasteiger partial charge is 0.247 e. The molecule has 3 fully saturated rings. The molecular formula is C34H36N6O5. The molecule has 2 bridgehead atoms. The van der Waals surface area contributed by atoms with Crippen molar-refractivity contribution in [1.82, 2.24) is 30.5 Å². The van der Waals surface area contributed by atoms with Gasteiger partial charge in [-0.25, -0.2) is 4.68 Å². The van der Waals surface area contributed by atoms with Crippen molar-refractivity contribution in [1.29, 1.82) is 0 Å². The lowest BCUT2D eigenvalue weighted by Gasteiger charge is -2.37. The zero-order valence-electron chi connectivity index (χ0n) is 25.2. The Morgan fingerprint density at radius 1 is 1.00 bits per heavy atom. The molecule has 0 radical (unpaired) electrons. The number of ether oxygens (including phenoxy) is 1. The van der Waals surface area contributed by atoms with Gasteiger partial charge in [0.15, 0.2) is 0 Å². The van der Waals surface area contributed by atoms with Crippen LogP contribution in [0.5, 0.6) is 0 Å². The Hall–Kier alpha value is -4.61. The number of nitrogens with zero attached hydrogens (tertiary/aromatic N) is 4.